The summed E-state index contributed by atoms with van der Waals surface area (Å²) in [4.78, 5) is 25.3. The molecule has 0 bridgehead atoms. The zero-order valence-corrected chi connectivity index (χ0v) is 14.2. The Bertz CT molecular complexity index is 557. The van der Waals surface area contributed by atoms with Gasteiger partial charge < -0.3 is 19.5 Å². The maximum absolute atomic E-state index is 12.7. The molecule has 132 valence electrons. The minimum absolute atomic E-state index is 0.0657. The molecular formula is C18H25NO5. The van der Waals surface area contributed by atoms with Crippen LogP contribution in [0.25, 0.3) is 0 Å². The molecule has 1 aromatic carbocycles. The molecule has 1 saturated heterocycles. The molecule has 1 heterocycles. The number of rotatable bonds is 8. The van der Waals surface area contributed by atoms with Crippen molar-refractivity contribution in [3.63, 3.8) is 0 Å². The van der Waals surface area contributed by atoms with Gasteiger partial charge >= 0.3 is 5.97 Å². The Labute approximate surface area is 142 Å². The third kappa shape index (κ3) is 4.71. The number of ether oxygens (including phenoxy) is 2. The molecule has 6 heteroatoms. The van der Waals surface area contributed by atoms with Crippen molar-refractivity contribution in [2.24, 2.45) is 0 Å². The third-order valence-electron chi connectivity index (χ3n) is 4.25. The highest BCUT2D eigenvalue weighted by Gasteiger charge is 2.36. The number of unbranched alkanes of at least 4 members (excludes halogenated alkanes) is 1. The number of benzene rings is 1. The number of carboxylic acid groups (broad SMARTS) is 1. The summed E-state index contributed by atoms with van der Waals surface area (Å²) in [6.45, 7) is 3.18. The molecule has 1 aromatic rings. The van der Waals surface area contributed by atoms with Crippen LogP contribution < -0.4 is 4.74 Å². The van der Waals surface area contributed by atoms with Gasteiger partial charge in [0, 0.05) is 25.3 Å². The summed E-state index contributed by atoms with van der Waals surface area (Å²) in [5, 5.41) is 9.05. The Balaban J connectivity index is 2.04. The zero-order chi connectivity index (χ0) is 17.5. The number of amides is 1. The molecule has 0 aromatic heterocycles. The van der Waals surface area contributed by atoms with Crippen molar-refractivity contribution in [3.05, 3.63) is 29.8 Å². The lowest BCUT2D eigenvalue weighted by Crippen LogP contribution is -2.37. The van der Waals surface area contributed by atoms with Crippen LogP contribution >= 0.6 is 0 Å². The maximum atomic E-state index is 12.7. The normalized spacial score (nSPS) is 20.2. The summed E-state index contributed by atoms with van der Waals surface area (Å²) in [7, 11) is 1.58. The standard InChI is InChI=1S/C18H25NO5/c1-3-4-9-24-15-7-5-13(6-8-15)18(22)19-12-16(23-2)10-14(19)11-17(20)21/h5-8,14,16H,3-4,9-12H2,1-2H3,(H,20,21). The van der Waals surface area contributed by atoms with Crippen LogP contribution in [0.1, 0.15) is 43.0 Å². The zero-order valence-electron chi connectivity index (χ0n) is 14.2. The van der Waals surface area contributed by atoms with Gasteiger partial charge in [-0.05, 0) is 37.1 Å². The Morgan fingerprint density at radius 1 is 1.29 bits per heavy atom. The summed E-state index contributed by atoms with van der Waals surface area (Å²) in [5.74, 6) is -0.339. The molecule has 0 spiro atoms. The molecule has 1 aliphatic heterocycles. The fourth-order valence-electron chi connectivity index (χ4n) is 2.88. The Morgan fingerprint density at radius 3 is 2.58 bits per heavy atom. The highest BCUT2D eigenvalue weighted by Crippen LogP contribution is 2.25. The Hall–Kier alpha value is -2.08. The lowest BCUT2D eigenvalue weighted by molar-refractivity contribution is -0.137. The van der Waals surface area contributed by atoms with Gasteiger partial charge in [0.15, 0.2) is 0 Å². The van der Waals surface area contributed by atoms with E-state index in [-0.39, 0.29) is 24.5 Å². The fraction of sp³-hybridized carbons (Fsp3) is 0.556. The Morgan fingerprint density at radius 2 is 2.00 bits per heavy atom. The highest BCUT2D eigenvalue weighted by atomic mass is 16.5. The van der Waals surface area contributed by atoms with Gasteiger partial charge in [-0.3, -0.25) is 9.59 Å². The third-order valence-corrected chi connectivity index (χ3v) is 4.25. The maximum Gasteiger partial charge on any atom is 0.305 e. The molecule has 0 saturated carbocycles. The molecule has 0 radical (unpaired) electrons. The van der Waals surface area contributed by atoms with E-state index in [0.717, 1.165) is 18.6 Å². The number of carboxylic acids is 1. The molecule has 1 N–H and O–H groups in total. The van der Waals surface area contributed by atoms with E-state index < -0.39 is 5.97 Å². The van der Waals surface area contributed by atoms with Crippen LogP contribution in [0.2, 0.25) is 0 Å². The summed E-state index contributed by atoms with van der Waals surface area (Å²) in [6, 6.07) is 6.67. The predicted octanol–water partition coefficient (Wildman–Crippen LogP) is 2.57. The van der Waals surface area contributed by atoms with Gasteiger partial charge in [0.2, 0.25) is 0 Å². The van der Waals surface area contributed by atoms with Gasteiger partial charge in [-0.1, -0.05) is 13.3 Å². The number of likely N-dealkylation sites (tertiary alicyclic amines) is 1. The topological polar surface area (TPSA) is 76.1 Å². The van der Waals surface area contributed by atoms with Crippen LogP contribution in [0, 0.1) is 0 Å². The minimum atomic E-state index is -0.908. The highest BCUT2D eigenvalue weighted by molar-refractivity contribution is 5.95. The van der Waals surface area contributed by atoms with E-state index in [2.05, 4.69) is 6.92 Å². The van der Waals surface area contributed by atoms with Gasteiger partial charge in [-0.2, -0.15) is 0 Å². The number of carbonyl (C=O) groups excluding carboxylic acids is 1. The first kappa shape index (κ1) is 18.3. The lowest BCUT2D eigenvalue weighted by Gasteiger charge is -2.23. The average Bonchev–Trinajstić information content (AvgIpc) is 2.97. The number of hydrogen-bond acceptors (Lipinski definition) is 4. The lowest BCUT2D eigenvalue weighted by atomic mass is 10.1. The molecule has 0 aliphatic carbocycles. The molecule has 1 amide bonds. The van der Waals surface area contributed by atoms with E-state index in [1.165, 1.54) is 0 Å². The van der Waals surface area contributed by atoms with Gasteiger partial charge in [-0.15, -0.1) is 0 Å². The van der Waals surface area contributed by atoms with Crippen molar-refractivity contribution < 1.29 is 24.2 Å². The monoisotopic (exact) mass is 335 g/mol. The van der Waals surface area contributed by atoms with Crippen molar-refractivity contribution in [1.82, 2.24) is 4.90 Å². The summed E-state index contributed by atoms with van der Waals surface area (Å²) < 4.78 is 10.9. The van der Waals surface area contributed by atoms with Gasteiger partial charge in [0.25, 0.3) is 5.91 Å². The van der Waals surface area contributed by atoms with Gasteiger partial charge in [0.1, 0.15) is 5.75 Å². The van der Waals surface area contributed by atoms with E-state index >= 15 is 0 Å². The number of hydrogen-bond donors (Lipinski definition) is 1. The van der Waals surface area contributed by atoms with Crippen LogP contribution in [0.3, 0.4) is 0 Å². The molecule has 2 atom stereocenters. The molecule has 1 aliphatic rings. The first-order chi connectivity index (χ1) is 11.5. The van der Waals surface area contributed by atoms with E-state index in [1.54, 1.807) is 36.3 Å². The molecule has 2 unspecified atom stereocenters. The summed E-state index contributed by atoms with van der Waals surface area (Å²) in [5.41, 5.74) is 0.532. The number of aliphatic carboxylic acids is 1. The second-order valence-electron chi connectivity index (χ2n) is 6.03. The average molecular weight is 335 g/mol. The minimum Gasteiger partial charge on any atom is -0.494 e. The van der Waals surface area contributed by atoms with Gasteiger partial charge in [-0.25, -0.2) is 0 Å². The predicted molar refractivity (Wildman–Crippen MR) is 89.3 cm³/mol. The molecule has 1 fully saturated rings. The van der Waals surface area contributed by atoms with Crippen LogP contribution in [0.15, 0.2) is 24.3 Å². The van der Waals surface area contributed by atoms with E-state index in [1.807, 2.05) is 0 Å². The number of methoxy groups -OCH3 is 1. The van der Waals surface area contributed by atoms with E-state index in [0.29, 0.717) is 25.1 Å². The largest absolute Gasteiger partial charge is 0.494 e. The van der Waals surface area contributed by atoms with E-state index in [4.69, 9.17) is 14.6 Å². The van der Waals surface area contributed by atoms with Crippen LogP contribution in [0.4, 0.5) is 0 Å². The molecular weight excluding hydrogens is 310 g/mol. The first-order valence-electron chi connectivity index (χ1n) is 8.33. The number of nitrogens with zero attached hydrogens (tertiary/aromatic N) is 1. The quantitative estimate of drug-likeness (QED) is 0.739. The van der Waals surface area contributed by atoms with Crippen molar-refractivity contribution in [3.8, 4) is 5.75 Å². The van der Waals surface area contributed by atoms with Crippen LogP contribution in [0.5, 0.6) is 5.75 Å². The molecule has 24 heavy (non-hydrogen) atoms. The first-order valence-corrected chi connectivity index (χ1v) is 8.33. The van der Waals surface area contributed by atoms with Crippen molar-refractivity contribution in [2.75, 3.05) is 20.3 Å². The van der Waals surface area contributed by atoms with E-state index in [9.17, 15) is 9.59 Å². The van der Waals surface area contributed by atoms with Crippen molar-refractivity contribution in [1.29, 1.82) is 0 Å². The smallest absolute Gasteiger partial charge is 0.305 e. The van der Waals surface area contributed by atoms with Crippen LogP contribution in [-0.2, 0) is 9.53 Å². The summed E-state index contributed by atoms with van der Waals surface area (Å²) >= 11 is 0. The van der Waals surface area contributed by atoms with Gasteiger partial charge in [0.05, 0.1) is 19.1 Å². The van der Waals surface area contributed by atoms with Crippen LogP contribution in [-0.4, -0.2) is 54.3 Å². The molecule has 2 rings (SSSR count). The molecule has 6 nitrogen and oxygen atoms in total. The van der Waals surface area contributed by atoms with Crippen molar-refractivity contribution in [2.45, 2.75) is 44.8 Å². The van der Waals surface area contributed by atoms with Crippen molar-refractivity contribution >= 4 is 11.9 Å². The SMILES string of the molecule is CCCCOc1ccc(C(=O)N2CC(OC)CC2CC(=O)O)cc1. The second kappa shape index (κ2) is 8.68. The summed E-state index contributed by atoms with van der Waals surface area (Å²) in [6.07, 6.45) is 2.42. The number of carbonyl (C=O) groups is 2. The second-order valence-corrected chi connectivity index (χ2v) is 6.03. The fourth-order valence-corrected chi connectivity index (χ4v) is 2.88. The Kier molecular flexibility index (Phi) is 6.61.